The number of aromatic hydroxyl groups is 1. The molecule has 1 aliphatic rings. The lowest BCUT2D eigenvalue weighted by Crippen LogP contribution is -2.17. The Morgan fingerprint density at radius 2 is 1.63 bits per heavy atom. The van der Waals surface area contributed by atoms with Gasteiger partial charge in [0.1, 0.15) is 6.10 Å². The Labute approximate surface area is 151 Å². The largest absolute Gasteiger partial charge is 0.500 e. The summed E-state index contributed by atoms with van der Waals surface area (Å²) >= 11 is 0. The van der Waals surface area contributed by atoms with E-state index in [9.17, 15) is 29.0 Å². The molecule has 3 rings (SSSR count). The summed E-state index contributed by atoms with van der Waals surface area (Å²) in [4.78, 5) is 19.2. The molecule has 1 unspecified atom stereocenters. The molecule has 0 aromatic heterocycles. The maximum Gasteiger partial charge on any atom is 0.314 e. The first-order chi connectivity index (χ1) is 12.8. The van der Waals surface area contributed by atoms with Crippen molar-refractivity contribution in [1.82, 2.24) is 0 Å². The molecule has 144 valence electrons. The average molecular weight is 384 g/mol. The molecule has 0 spiro atoms. The fourth-order valence-corrected chi connectivity index (χ4v) is 2.18. The molecule has 1 saturated heterocycles. The zero-order chi connectivity index (χ0) is 20.0. The Balaban J connectivity index is 0.000000208. The second-order valence-corrected chi connectivity index (χ2v) is 5.31. The van der Waals surface area contributed by atoms with Crippen LogP contribution in [0, 0.1) is 31.9 Å². The first kappa shape index (κ1) is 20.0. The topological polar surface area (TPSA) is 125 Å². The standard InChI is InChI=1S/C10H10FNO4.C6H4FNO3/c11-8-2-1-3-9(12(13)14)10(8)16-7-4-5-15-6-7;7-4-2-1-3-5(6(4)9)8(10)11/h1-3,7H,4-6H2;1-3,9H. The first-order valence-electron chi connectivity index (χ1n) is 7.60. The number of benzene rings is 2. The Kier molecular flexibility index (Phi) is 6.55. The van der Waals surface area contributed by atoms with Crippen LogP contribution in [0.25, 0.3) is 0 Å². The van der Waals surface area contributed by atoms with Crippen LogP contribution in [-0.2, 0) is 4.74 Å². The summed E-state index contributed by atoms with van der Waals surface area (Å²) in [7, 11) is 0. The lowest BCUT2D eigenvalue weighted by molar-refractivity contribution is -0.386. The van der Waals surface area contributed by atoms with Gasteiger partial charge >= 0.3 is 11.4 Å². The van der Waals surface area contributed by atoms with Gasteiger partial charge in [0.25, 0.3) is 0 Å². The fourth-order valence-electron chi connectivity index (χ4n) is 2.18. The molecule has 2 aromatic carbocycles. The number of hydrogen-bond acceptors (Lipinski definition) is 7. The van der Waals surface area contributed by atoms with Gasteiger partial charge in [0.05, 0.1) is 23.1 Å². The molecular formula is C16H14F2N2O7. The van der Waals surface area contributed by atoms with Crippen LogP contribution in [0.3, 0.4) is 0 Å². The number of nitrogens with zero attached hydrogens (tertiary/aromatic N) is 2. The van der Waals surface area contributed by atoms with Crippen molar-refractivity contribution in [1.29, 1.82) is 0 Å². The van der Waals surface area contributed by atoms with Gasteiger partial charge in [-0.25, -0.2) is 8.78 Å². The predicted octanol–water partition coefficient (Wildman–Crippen LogP) is 3.34. The number of phenolic OH excluding ortho intramolecular Hbond substituents is 1. The van der Waals surface area contributed by atoms with Crippen molar-refractivity contribution in [2.75, 3.05) is 13.2 Å². The van der Waals surface area contributed by atoms with E-state index in [0.717, 1.165) is 24.3 Å². The molecule has 1 N–H and O–H groups in total. The summed E-state index contributed by atoms with van der Waals surface area (Å²) in [5.41, 5.74) is -0.975. The van der Waals surface area contributed by atoms with Gasteiger partial charge < -0.3 is 14.6 Å². The Hall–Kier alpha value is -3.34. The molecule has 27 heavy (non-hydrogen) atoms. The van der Waals surface area contributed by atoms with Crippen LogP contribution in [0.15, 0.2) is 36.4 Å². The fraction of sp³-hybridized carbons (Fsp3) is 0.250. The van der Waals surface area contributed by atoms with E-state index in [-0.39, 0.29) is 17.5 Å². The number of rotatable bonds is 4. The normalized spacial score (nSPS) is 15.6. The van der Waals surface area contributed by atoms with Crippen molar-refractivity contribution >= 4 is 11.4 Å². The van der Waals surface area contributed by atoms with Gasteiger partial charge in [-0.05, 0) is 12.1 Å². The second kappa shape index (κ2) is 8.85. The Morgan fingerprint density at radius 3 is 2.15 bits per heavy atom. The van der Waals surface area contributed by atoms with Crippen LogP contribution in [0.5, 0.6) is 11.5 Å². The second-order valence-electron chi connectivity index (χ2n) is 5.31. The van der Waals surface area contributed by atoms with E-state index in [1.165, 1.54) is 12.1 Å². The first-order valence-corrected chi connectivity index (χ1v) is 7.60. The summed E-state index contributed by atoms with van der Waals surface area (Å²) in [6.07, 6.45) is 0.307. The third-order valence-electron chi connectivity index (χ3n) is 3.48. The highest BCUT2D eigenvalue weighted by molar-refractivity contribution is 5.47. The number of phenols is 1. The average Bonchev–Trinajstić information content (AvgIpc) is 3.12. The SMILES string of the molecule is O=[N+]([O-])c1cccc(F)c1O.O=[N+]([O-])c1cccc(F)c1OC1CCOC1. The van der Waals surface area contributed by atoms with Crippen molar-refractivity contribution in [2.24, 2.45) is 0 Å². The molecule has 1 atom stereocenters. The lowest BCUT2D eigenvalue weighted by Gasteiger charge is -2.12. The molecule has 1 fully saturated rings. The molecule has 11 heteroatoms. The predicted molar refractivity (Wildman–Crippen MR) is 87.6 cm³/mol. The number of nitro groups is 2. The number of hydrogen-bond donors (Lipinski definition) is 1. The van der Waals surface area contributed by atoms with Crippen LogP contribution in [-0.4, -0.2) is 34.3 Å². The summed E-state index contributed by atoms with van der Waals surface area (Å²) in [6.45, 7) is 0.873. The quantitative estimate of drug-likeness (QED) is 0.633. The molecule has 9 nitrogen and oxygen atoms in total. The summed E-state index contributed by atoms with van der Waals surface area (Å²) in [6, 6.07) is 6.77. The van der Waals surface area contributed by atoms with Crippen LogP contribution in [0.4, 0.5) is 20.2 Å². The highest BCUT2D eigenvalue weighted by Gasteiger charge is 2.25. The zero-order valence-corrected chi connectivity index (χ0v) is 13.7. The van der Waals surface area contributed by atoms with E-state index < -0.39 is 32.9 Å². The number of ether oxygens (including phenoxy) is 2. The van der Waals surface area contributed by atoms with E-state index in [2.05, 4.69) is 0 Å². The monoisotopic (exact) mass is 384 g/mol. The maximum absolute atomic E-state index is 13.4. The van der Waals surface area contributed by atoms with Gasteiger partial charge in [0.15, 0.2) is 11.6 Å². The van der Waals surface area contributed by atoms with E-state index in [0.29, 0.717) is 19.6 Å². The van der Waals surface area contributed by atoms with Gasteiger partial charge in [-0.15, -0.1) is 0 Å². The van der Waals surface area contributed by atoms with E-state index in [1.54, 1.807) is 0 Å². The zero-order valence-electron chi connectivity index (χ0n) is 13.7. The van der Waals surface area contributed by atoms with Crippen LogP contribution in [0.2, 0.25) is 0 Å². The summed E-state index contributed by atoms with van der Waals surface area (Å²) in [5.74, 6) is -2.93. The molecule has 1 heterocycles. The molecule has 1 aliphatic heterocycles. The maximum atomic E-state index is 13.4. The highest BCUT2D eigenvalue weighted by atomic mass is 19.1. The molecule has 0 saturated carbocycles. The van der Waals surface area contributed by atoms with Crippen molar-refractivity contribution in [2.45, 2.75) is 12.5 Å². The van der Waals surface area contributed by atoms with Crippen LogP contribution in [0.1, 0.15) is 6.42 Å². The smallest absolute Gasteiger partial charge is 0.314 e. The number of nitro benzene ring substituents is 2. The number of para-hydroxylation sites is 2. The summed E-state index contributed by atoms with van der Waals surface area (Å²) in [5, 5.41) is 29.5. The van der Waals surface area contributed by atoms with Gasteiger partial charge in [0.2, 0.25) is 11.5 Å². The molecule has 0 amide bonds. The van der Waals surface area contributed by atoms with Crippen molar-refractivity contribution in [3.05, 3.63) is 68.3 Å². The van der Waals surface area contributed by atoms with Gasteiger partial charge in [-0.2, -0.15) is 0 Å². The van der Waals surface area contributed by atoms with Gasteiger partial charge in [-0.1, -0.05) is 12.1 Å². The minimum absolute atomic E-state index is 0.303. The Morgan fingerprint density at radius 1 is 1.04 bits per heavy atom. The third-order valence-corrected chi connectivity index (χ3v) is 3.48. The summed E-state index contributed by atoms with van der Waals surface area (Å²) < 4.78 is 36.1. The van der Waals surface area contributed by atoms with Crippen molar-refractivity contribution in [3.63, 3.8) is 0 Å². The highest BCUT2D eigenvalue weighted by Crippen LogP contribution is 2.31. The molecular weight excluding hydrogens is 370 g/mol. The van der Waals surface area contributed by atoms with Crippen molar-refractivity contribution < 1.29 is 33.2 Å². The third kappa shape index (κ3) is 5.07. The van der Waals surface area contributed by atoms with E-state index in [1.807, 2.05) is 0 Å². The number of halogens is 2. The minimum atomic E-state index is -0.987. The van der Waals surface area contributed by atoms with E-state index in [4.69, 9.17) is 14.6 Å². The molecule has 0 bridgehead atoms. The van der Waals surface area contributed by atoms with Crippen LogP contribution >= 0.6 is 0 Å². The minimum Gasteiger partial charge on any atom is -0.500 e. The molecule has 0 radical (unpaired) electrons. The van der Waals surface area contributed by atoms with E-state index >= 15 is 0 Å². The van der Waals surface area contributed by atoms with Gasteiger partial charge in [0, 0.05) is 18.6 Å². The molecule has 2 aromatic rings. The van der Waals surface area contributed by atoms with Crippen LogP contribution < -0.4 is 4.74 Å². The van der Waals surface area contributed by atoms with Crippen molar-refractivity contribution in [3.8, 4) is 11.5 Å². The van der Waals surface area contributed by atoms with Gasteiger partial charge in [-0.3, -0.25) is 20.2 Å². The lowest BCUT2D eigenvalue weighted by atomic mass is 10.2. The Bertz CT molecular complexity index is 842. The molecule has 0 aliphatic carbocycles.